The van der Waals surface area contributed by atoms with E-state index in [-0.39, 0.29) is 11.8 Å². The van der Waals surface area contributed by atoms with Crippen LogP contribution in [0.5, 0.6) is 0 Å². The van der Waals surface area contributed by atoms with E-state index in [1.165, 1.54) is 16.5 Å². The molecule has 1 saturated carbocycles. The van der Waals surface area contributed by atoms with Crippen molar-refractivity contribution in [3.05, 3.63) is 30.0 Å². The zero-order valence-electron chi connectivity index (χ0n) is 16.0. The molecule has 0 radical (unpaired) electrons. The molecular weight excluding hydrogens is 326 g/mol. The maximum Gasteiger partial charge on any atom is 0.225 e. The van der Waals surface area contributed by atoms with Gasteiger partial charge in [0, 0.05) is 31.4 Å². The average molecular weight is 355 g/mol. The van der Waals surface area contributed by atoms with Crippen LogP contribution in [0, 0.1) is 11.8 Å². The molecule has 26 heavy (non-hydrogen) atoms. The molecule has 2 aliphatic rings. The molecule has 2 fully saturated rings. The number of benzene rings is 1. The lowest BCUT2D eigenvalue weighted by atomic mass is 9.71. The molecule has 1 aliphatic heterocycles. The highest BCUT2D eigenvalue weighted by molar-refractivity contribution is 5.80. The van der Waals surface area contributed by atoms with Gasteiger partial charge in [-0.2, -0.15) is 5.10 Å². The number of aryl methyl sites for hydroxylation is 1. The fourth-order valence-electron chi connectivity index (χ4n) is 4.77. The largest absolute Gasteiger partial charge is 0.390 e. The van der Waals surface area contributed by atoms with Gasteiger partial charge < -0.3 is 10.0 Å². The van der Waals surface area contributed by atoms with Gasteiger partial charge in [-0.1, -0.05) is 19.1 Å². The molecule has 1 saturated heterocycles. The Hall–Kier alpha value is -1.88. The van der Waals surface area contributed by atoms with Crippen LogP contribution in [-0.4, -0.2) is 44.4 Å². The quantitative estimate of drug-likeness (QED) is 0.920. The summed E-state index contributed by atoms with van der Waals surface area (Å²) in [4.78, 5) is 14.6. The molecule has 5 heteroatoms. The van der Waals surface area contributed by atoms with Gasteiger partial charge in [-0.3, -0.25) is 9.48 Å². The number of aromatic nitrogens is 2. The predicted octanol–water partition coefficient (Wildman–Crippen LogP) is 3.08. The minimum absolute atomic E-state index is 0.0335. The number of rotatable bonds is 3. The third kappa shape index (κ3) is 3.13. The van der Waals surface area contributed by atoms with Crippen LogP contribution >= 0.6 is 0 Å². The van der Waals surface area contributed by atoms with E-state index in [9.17, 15) is 9.90 Å². The standard InChI is InChI=1S/C21H29N3O2/c1-14(16-4-5-17-13-22-23(3)19(17)10-16)15-6-8-24(9-7-15)20(25)18-11-21(2,26)12-18/h4-5,10,13-15,18,26H,6-9,11-12H2,1-3H3/t14-,18-,21+/m0/s1. The molecule has 1 aromatic heterocycles. The van der Waals surface area contributed by atoms with Gasteiger partial charge >= 0.3 is 0 Å². The van der Waals surface area contributed by atoms with Crippen molar-refractivity contribution in [3.63, 3.8) is 0 Å². The summed E-state index contributed by atoms with van der Waals surface area (Å²) in [5.74, 6) is 1.37. The molecule has 1 aliphatic carbocycles. The predicted molar refractivity (Wildman–Crippen MR) is 102 cm³/mol. The number of aliphatic hydroxyl groups is 1. The molecule has 0 spiro atoms. The summed E-state index contributed by atoms with van der Waals surface area (Å²) in [6.07, 6.45) is 5.25. The Labute approximate surface area is 155 Å². The van der Waals surface area contributed by atoms with Crippen molar-refractivity contribution in [2.45, 2.75) is 51.0 Å². The minimum atomic E-state index is -0.627. The second kappa shape index (κ2) is 6.38. The van der Waals surface area contributed by atoms with E-state index in [1.807, 2.05) is 29.7 Å². The normalized spacial score (nSPS) is 28.2. The molecule has 1 amide bonds. The van der Waals surface area contributed by atoms with Crippen LogP contribution in [0.4, 0.5) is 0 Å². The molecule has 1 atom stereocenters. The molecule has 1 aromatic carbocycles. The molecule has 140 valence electrons. The lowest BCUT2D eigenvalue weighted by Gasteiger charge is -2.44. The number of piperidine rings is 1. The number of carbonyl (C=O) groups is 1. The second-order valence-corrected chi connectivity index (χ2v) is 8.64. The van der Waals surface area contributed by atoms with Gasteiger partial charge in [0.15, 0.2) is 0 Å². The van der Waals surface area contributed by atoms with E-state index in [2.05, 4.69) is 30.2 Å². The molecule has 0 unspecified atom stereocenters. The summed E-state index contributed by atoms with van der Waals surface area (Å²) < 4.78 is 1.93. The topological polar surface area (TPSA) is 58.4 Å². The minimum Gasteiger partial charge on any atom is -0.390 e. The first-order valence-corrected chi connectivity index (χ1v) is 9.77. The van der Waals surface area contributed by atoms with Gasteiger partial charge in [0.05, 0.1) is 17.3 Å². The molecular formula is C21H29N3O2. The van der Waals surface area contributed by atoms with Gasteiger partial charge in [-0.05, 0) is 56.1 Å². The second-order valence-electron chi connectivity index (χ2n) is 8.64. The van der Waals surface area contributed by atoms with Crippen molar-refractivity contribution in [1.82, 2.24) is 14.7 Å². The highest BCUT2D eigenvalue weighted by atomic mass is 16.3. The summed E-state index contributed by atoms with van der Waals surface area (Å²) in [6.45, 7) is 5.83. The zero-order chi connectivity index (χ0) is 18.5. The van der Waals surface area contributed by atoms with Crippen molar-refractivity contribution < 1.29 is 9.90 Å². The lowest BCUT2D eigenvalue weighted by Crippen LogP contribution is -2.51. The Balaban J connectivity index is 1.37. The van der Waals surface area contributed by atoms with Gasteiger partial charge in [0.25, 0.3) is 0 Å². The highest BCUT2D eigenvalue weighted by Crippen LogP contribution is 2.40. The van der Waals surface area contributed by atoms with Crippen LogP contribution in [0.3, 0.4) is 0 Å². The highest BCUT2D eigenvalue weighted by Gasteiger charge is 2.44. The van der Waals surface area contributed by atoms with Crippen LogP contribution in [0.1, 0.15) is 51.0 Å². The Morgan fingerprint density at radius 3 is 2.65 bits per heavy atom. The fraction of sp³-hybridized carbons (Fsp3) is 0.619. The van der Waals surface area contributed by atoms with E-state index < -0.39 is 5.60 Å². The van der Waals surface area contributed by atoms with Crippen molar-refractivity contribution in [3.8, 4) is 0 Å². The molecule has 4 rings (SSSR count). The summed E-state index contributed by atoms with van der Waals surface area (Å²) in [6, 6.07) is 6.65. The number of likely N-dealkylation sites (tertiary alicyclic amines) is 1. The van der Waals surface area contributed by atoms with E-state index in [0.717, 1.165) is 25.9 Å². The SMILES string of the molecule is C[C@H](c1ccc2cnn(C)c2c1)C1CCN(C(=O)[C@H]2C[C@@](C)(O)C2)CC1. The van der Waals surface area contributed by atoms with Crippen molar-refractivity contribution in [1.29, 1.82) is 0 Å². The summed E-state index contributed by atoms with van der Waals surface area (Å²) >= 11 is 0. The number of amides is 1. The Bertz CT molecular complexity index is 810. The van der Waals surface area contributed by atoms with Crippen LogP contribution in [0.15, 0.2) is 24.4 Å². The van der Waals surface area contributed by atoms with E-state index >= 15 is 0 Å². The maximum absolute atomic E-state index is 12.6. The number of fused-ring (bicyclic) bond motifs is 1. The summed E-state index contributed by atoms with van der Waals surface area (Å²) in [7, 11) is 1.98. The first kappa shape index (κ1) is 17.5. The Morgan fingerprint density at radius 2 is 2.00 bits per heavy atom. The molecule has 5 nitrogen and oxygen atoms in total. The summed E-state index contributed by atoms with van der Waals surface area (Å²) in [5.41, 5.74) is 1.91. The zero-order valence-corrected chi connectivity index (χ0v) is 16.0. The van der Waals surface area contributed by atoms with Crippen LogP contribution in [0.25, 0.3) is 10.9 Å². The number of nitrogens with zero attached hydrogens (tertiary/aromatic N) is 3. The Kier molecular flexibility index (Phi) is 4.30. The van der Waals surface area contributed by atoms with Gasteiger partial charge in [-0.25, -0.2) is 0 Å². The van der Waals surface area contributed by atoms with Gasteiger partial charge in [0.2, 0.25) is 5.91 Å². The third-order valence-corrected chi connectivity index (χ3v) is 6.58. The van der Waals surface area contributed by atoms with Crippen molar-refractivity contribution >= 4 is 16.8 Å². The third-order valence-electron chi connectivity index (χ3n) is 6.58. The van der Waals surface area contributed by atoms with Crippen LogP contribution in [-0.2, 0) is 11.8 Å². The van der Waals surface area contributed by atoms with E-state index in [4.69, 9.17) is 0 Å². The Morgan fingerprint density at radius 1 is 1.31 bits per heavy atom. The van der Waals surface area contributed by atoms with Crippen molar-refractivity contribution in [2.75, 3.05) is 13.1 Å². The molecule has 2 heterocycles. The van der Waals surface area contributed by atoms with Crippen molar-refractivity contribution in [2.24, 2.45) is 18.9 Å². The number of carbonyl (C=O) groups excluding carboxylic acids is 1. The smallest absolute Gasteiger partial charge is 0.225 e. The first-order valence-electron chi connectivity index (χ1n) is 9.77. The molecule has 1 N–H and O–H groups in total. The first-order chi connectivity index (χ1) is 12.3. The summed E-state index contributed by atoms with van der Waals surface area (Å²) in [5, 5.41) is 15.4. The number of hydrogen-bond acceptors (Lipinski definition) is 3. The van der Waals surface area contributed by atoms with E-state index in [1.54, 1.807) is 0 Å². The maximum atomic E-state index is 12.6. The van der Waals surface area contributed by atoms with Crippen LogP contribution in [0.2, 0.25) is 0 Å². The monoisotopic (exact) mass is 355 g/mol. The number of hydrogen-bond donors (Lipinski definition) is 1. The van der Waals surface area contributed by atoms with Gasteiger partial charge in [-0.15, -0.1) is 0 Å². The lowest BCUT2D eigenvalue weighted by molar-refractivity contribution is -0.151. The molecule has 2 aromatic rings. The van der Waals surface area contributed by atoms with Gasteiger partial charge in [0.1, 0.15) is 0 Å². The van der Waals surface area contributed by atoms with E-state index in [0.29, 0.717) is 24.7 Å². The van der Waals surface area contributed by atoms with Crippen LogP contribution < -0.4 is 0 Å². The average Bonchev–Trinajstić information content (AvgIpc) is 2.99. The fourth-order valence-corrected chi connectivity index (χ4v) is 4.77. The molecule has 0 bridgehead atoms.